The molecule has 21 heavy (non-hydrogen) atoms. The average Bonchev–Trinajstić information content (AvgIpc) is 2.62. The summed E-state index contributed by atoms with van der Waals surface area (Å²) in [4.78, 5) is 0. The third kappa shape index (κ3) is 6.18. The average molecular weight is 315 g/mol. The van der Waals surface area contributed by atoms with Crippen LogP contribution < -0.4 is 5.32 Å². The lowest BCUT2D eigenvalue weighted by molar-refractivity contribution is 0.466. The van der Waals surface area contributed by atoms with Crippen LogP contribution in [0.15, 0.2) is 0 Å². The Hall–Kier alpha value is -0.880. The molecule has 1 unspecified atom stereocenters. The van der Waals surface area contributed by atoms with Crippen LogP contribution in [-0.4, -0.2) is 42.8 Å². The largest absolute Gasteiger partial charge is 0.314 e. The number of nitrogens with zero attached hydrogens (tertiary/aromatic N) is 2. The van der Waals surface area contributed by atoms with E-state index in [4.69, 9.17) is 0 Å². The maximum atomic E-state index is 11.4. The molecule has 0 aliphatic heterocycles. The van der Waals surface area contributed by atoms with Crippen LogP contribution >= 0.6 is 0 Å². The molecule has 0 bridgehead atoms. The molecule has 0 radical (unpaired) electrons. The summed E-state index contributed by atoms with van der Waals surface area (Å²) in [5.41, 5.74) is 3.57. The summed E-state index contributed by atoms with van der Waals surface area (Å²) in [7, 11) is -0.935. The van der Waals surface area contributed by atoms with Crippen molar-refractivity contribution in [3.63, 3.8) is 0 Å². The van der Waals surface area contributed by atoms with E-state index in [1.807, 2.05) is 18.7 Å². The zero-order chi connectivity index (χ0) is 16.0. The lowest BCUT2D eigenvalue weighted by Gasteiger charge is -2.18. The topological polar surface area (TPSA) is 64.0 Å². The first kappa shape index (κ1) is 18.2. The number of nitrogens with one attached hydrogen (secondary N) is 1. The van der Waals surface area contributed by atoms with E-state index in [1.165, 1.54) is 17.5 Å². The van der Waals surface area contributed by atoms with E-state index < -0.39 is 9.84 Å². The van der Waals surface area contributed by atoms with Crippen LogP contribution in [0.4, 0.5) is 0 Å². The molecule has 1 aromatic heterocycles. The highest BCUT2D eigenvalue weighted by Gasteiger charge is 2.15. The fourth-order valence-corrected chi connectivity index (χ4v) is 3.26. The maximum absolute atomic E-state index is 11.4. The number of hydrogen-bond acceptors (Lipinski definition) is 4. The predicted octanol–water partition coefficient (Wildman–Crippen LogP) is 1.77. The Labute approximate surface area is 129 Å². The number of hydrogen-bond donors (Lipinski definition) is 1. The Bertz CT molecular complexity index is 550. The standard InChI is InChI=1S/C15H29N3O2S/c1-6-10-16-14(9-11-21(5,19)20)7-8-15-12(2)17-18(4)13(15)3/h14,16H,6-11H2,1-5H3. The van der Waals surface area contributed by atoms with Gasteiger partial charge in [0.2, 0.25) is 0 Å². The molecule has 5 nitrogen and oxygen atoms in total. The molecule has 0 saturated carbocycles. The van der Waals surface area contributed by atoms with Gasteiger partial charge < -0.3 is 5.32 Å². The van der Waals surface area contributed by atoms with E-state index in [-0.39, 0.29) is 11.8 Å². The van der Waals surface area contributed by atoms with Crippen LogP contribution in [-0.2, 0) is 23.3 Å². The molecule has 1 atom stereocenters. The van der Waals surface area contributed by atoms with Gasteiger partial charge in [-0.15, -0.1) is 0 Å². The second-order valence-electron chi connectivity index (χ2n) is 5.88. The molecule has 122 valence electrons. The zero-order valence-electron chi connectivity index (χ0n) is 13.9. The van der Waals surface area contributed by atoms with Gasteiger partial charge in [-0.1, -0.05) is 6.92 Å². The van der Waals surface area contributed by atoms with Gasteiger partial charge >= 0.3 is 0 Å². The van der Waals surface area contributed by atoms with Crippen LogP contribution in [0, 0.1) is 13.8 Å². The molecular formula is C15H29N3O2S. The first-order chi connectivity index (χ1) is 9.74. The minimum absolute atomic E-state index is 0.249. The number of aromatic nitrogens is 2. The van der Waals surface area contributed by atoms with Crippen molar-refractivity contribution in [2.75, 3.05) is 18.6 Å². The normalized spacial score (nSPS) is 13.6. The molecule has 0 saturated heterocycles. The van der Waals surface area contributed by atoms with Crippen molar-refractivity contribution in [2.45, 2.75) is 52.5 Å². The molecule has 0 amide bonds. The van der Waals surface area contributed by atoms with Crippen LogP contribution in [0.3, 0.4) is 0 Å². The van der Waals surface area contributed by atoms with E-state index in [9.17, 15) is 8.42 Å². The SMILES string of the molecule is CCCNC(CCc1c(C)nn(C)c1C)CCS(C)(=O)=O. The van der Waals surface area contributed by atoms with Gasteiger partial charge in [-0.25, -0.2) is 8.42 Å². The monoisotopic (exact) mass is 315 g/mol. The molecule has 1 aromatic rings. The van der Waals surface area contributed by atoms with E-state index >= 15 is 0 Å². The molecule has 0 aliphatic rings. The van der Waals surface area contributed by atoms with Crippen molar-refractivity contribution in [1.82, 2.24) is 15.1 Å². The molecule has 6 heteroatoms. The maximum Gasteiger partial charge on any atom is 0.147 e. The van der Waals surface area contributed by atoms with Gasteiger partial charge in [0.15, 0.2) is 0 Å². The molecule has 1 N–H and O–H groups in total. The van der Waals surface area contributed by atoms with Gasteiger partial charge in [0, 0.05) is 25.0 Å². The molecule has 0 aliphatic carbocycles. The Morgan fingerprint density at radius 2 is 1.95 bits per heavy atom. The summed E-state index contributed by atoms with van der Waals surface area (Å²) in [5, 5.41) is 7.90. The molecular weight excluding hydrogens is 286 g/mol. The highest BCUT2D eigenvalue weighted by molar-refractivity contribution is 7.90. The van der Waals surface area contributed by atoms with Crippen molar-refractivity contribution >= 4 is 9.84 Å². The van der Waals surface area contributed by atoms with E-state index in [0.717, 1.165) is 31.5 Å². The lowest BCUT2D eigenvalue weighted by Crippen LogP contribution is -2.32. The van der Waals surface area contributed by atoms with Crippen molar-refractivity contribution in [1.29, 1.82) is 0 Å². The third-order valence-corrected chi connectivity index (χ3v) is 4.90. The summed E-state index contributed by atoms with van der Waals surface area (Å²) < 4.78 is 24.6. The van der Waals surface area contributed by atoms with Crippen molar-refractivity contribution in [3.05, 3.63) is 17.0 Å². The van der Waals surface area contributed by atoms with Gasteiger partial charge in [-0.3, -0.25) is 4.68 Å². The minimum Gasteiger partial charge on any atom is -0.314 e. The summed E-state index contributed by atoms with van der Waals surface area (Å²) in [6.07, 6.45) is 4.93. The summed E-state index contributed by atoms with van der Waals surface area (Å²) in [6.45, 7) is 7.17. The van der Waals surface area contributed by atoms with Gasteiger partial charge in [0.05, 0.1) is 11.4 Å². The lowest BCUT2D eigenvalue weighted by atomic mass is 10.0. The van der Waals surface area contributed by atoms with Gasteiger partial charge in [-0.05, 0) is 51.6 Å². The zero-order valence-corrected chi connectivity index (χ0v) is 14.8. The quantitative estimate of drug-likeness (QED) is 0.754. The first-order valence-electron chi connectivity index (χ1n) is 7.64. The van der Waals surface area contributed by atoms with Gasteiger partial charge in [0.1, 0.15) is 9.84 Å². The minimum atomic E-state index is -2.90. The van der Waals surface area contributed by atoms with Gasteiger partial charge in [-0.2, -0.15) is 5.10 Å². The van der Waals surface area contributed by atoms with Crippen molar-refractivity contribution in [3.8, 4) is 0 Å². The molecule has 1 heterocycles. The Morgan fingerprint density at radius 1 is 1.29 bits per heavy atom. The molecule has 1 rings (SSSR count). The molecule has 0 fully saturated rings. The van der Waals surface area contributed by atoms with Crippen LogP contribution in [0.5, 0.6) is 0 Å². The highest BCUT2D eigenvalue weighted by atomic mass is 32.2. The fraction of sp³-hybridized carbons (Fsp3) is 0.800. The second kappa shape index (κ2) is 7.94. The van der Waals surface area contributed by atoms with Crippen LogP contribution in [0.2, 0.25) is 0 Å². The van der Waals surface area contributed by atoms with Crippen LogP contribution in [0.25, 0.3) is 0 Å². The highest BCUT2D eigenvalue weighted by Crippen LogP contribution is 2.16. The number of rotatable bonds is 9. The summed E-state index contributed by atoms with van der Waals surface area (Å²) in [5.74, 6) is 0.249. The Kier molecular flexibility index (Phi) is 6.87. The third-order valence-electron chi connectivity index (χ3n) is 3.92. The number of sulfone groups is 1. The summed E-state index contributed by atoms with van der Waals surface area (Å²) in [6, 6.07) is 0.249. The molecule has 0 aromatic carbocycles. The number of aryl methyl sites for hydroxylation is 2. The Balaban J connectivity index is 2.63. The van der Waals surface area contributed by atoms with Crippen LogP contribution in [0.1, 0.15) is 43.1 Å². The van der Waals surface area contributed by atoms with Crippen molar-refractivity contribution in [2.24, 2.45) is 7.05 Å². The van der Waals surface area contributed by atoms with E-state index in [2.05, 4.69) is 24.3 Å². The smallest absolute Gasteiger partial charge is 0.147 e. The first-order valence-corrected chi connectivity index (χ1v) is 9.70. The molecule has 0 spiro atoms. The van der Waals surface area contributed by atoms with E-state index in [1.54, 1.807) is 0 Å². The summed E-state index contributed by atoms with van der Waals surface area (Å²) >= 11 is 0. The fourth-order valence-electron chi connectivity index (χ4n) is 2.55. The Morgan fingerprint density at radius 3 is 2.43 bits per heavy atom. The van der Waals surface area contributed by atoms with E-state index in [0.29, 0.717) is 6.42 Å². The second-order valence-corrected chi connectivity index (χ2v) is 8.14. The predicted molar refractivity (Wildman–Crippen MR) is 87.4 cm³/mol. The van der Waals surface area contributed by atoms with Gasteiger partial charge in [0.25, 0.3) is 0 Å². The van der Waals surface area contributed by atoms with Crippen molar-refractivity contribution < 1.29 is 8.42 Å².